The fraction of sp³-hybridized carbons (Fsp3) is 0.333. The fourth-order valence-electron chi connectivity index (χ4n) is 1.44. The van der Waals surface area contributed by atoms with Crippen LogP contribution in [-0.4, -0.2) is 27.6 Å². The Morgan fingerprint density at radius 3 is 2.50 bits per heavy atom. The molecule has 0 saturated heterocycles. The van der Waals surface area contributed by atoms with Gasteiger partial charge in [0.1, 0.15) is 0 Å². The van der Waals surface area contributed by atoms with Crippen LogP contribution in [0.2, 0.25) is 0 Å². The summed E-state index contributed by atoms with van der Waals surface area (Å²) in [5.41, 5.74) is 0.197. The summed E-state index contributed by atoms with van der Waals surface area (Å²) in [7, 11) is 0. The molecule has 0 spiro atoms. The van der Waals surface area contributed by atoms with Crippen molar-refractivity contribution in [1.29, 1.82) is 0 Å². The third-order valence-corrected chi connectivity index (χ3v) is 4.70. The Labute approximate surface area is 137 Å². The second kappa shape index (κ2) is 7.02. The van der Waals surface area contributed by atoms with Gasteiger partial charge in [0.2, 0.25) is 11.0 Å². The minimum atomic E-state index is -0.484. The zero-order valence-electron chi connectivity index (χ0n) is 12.6. The normalized spacial score (nSPS) is 11.2. The molecule has 0 atom stereocenters. The lowest BCUT2D eigenvalue weighted by molar-refractivity contribution is -0.123. The van der Waals surface area contributed by atoms with Crippen LogP contribution >= 0.6 is 23.1 Å². The second-order valence-corrected chi connectivity index (χ2v) is 7.86. The number of aromatic nitrogens is 2. The number of amides is 1. The van der Waals surface area contributed by atoms with Crippen molar-refractivity contribution >= 4 is 39.9 Å². The molecule has 2 rings (SSSR count). The Morgan fingerprint density at radius 2 is 1.86 bits per heavy atom. The molecular weight excluding hydrogens is 318 g/mol. The van der Waals surface area contributed by atoms with E-state index in [1.807, 2.05) is 39.0 Å². The van der Waals surface area contributed by atoms with Crippen LogP contribution in [0.3, 0.4) is 0 Å². The summed E-state index contributed by atoms with van der Waals surface area (Å²) in [5.74, 6) is 0.230. The van der Waals surface area contributed by atoms with E-state index < -0.39 is 5.41 Å². The van der Waals surface area contributed by atoms with Crippen LogP contribution in [0.5, 0.6) is 0 Å². The molecule has 0 aliphatic carbocycles. The van der Waals surface area contributed by atoms with E-state index in [1.165, 1.54) is 23.1 Å². The summed E-state index contributed by atoms with van der Waals surface area (Å²) >= 11 is 2.59. The van der Waals surface area contributed by atoms with Crippen molar-refractivity contribution in [1.82, 2.24) is 10.2 Å². The number of ketones is 1. The SMILES string of the molecule is CC(C)(C)C(=O)Nc1nnc(SCC(=O)c2ccccc2)s1. The first-order valence-electron chi connectivity index (χ1n) is 6.72. The summed E-state index contributed by atoms with van der Waals surface area (Å²) in [6.45, 7) is 5.49. The summed E-state index contributed by atoms with van der Waals surface area (Å²) in [6, 6.07) is 9.13. The average molecular weight is 335 g/mol. The van der Waals surface area contributed by atoms with Gasteiger partial charge in [-0.25, -0.2) is 0 Å². The lowest BCUT2D eigenvalue weighted by Crippen LogP contribution is -2.27. The van der Waals surface area contributed by atoms with Crippen LogP contribution in [0.15, 0.2) is 34.7 Å². The third kappa shape index (κ3) is 4.64. The first-order chi connectivity index (χ1) is 10.4. The standard InChI is InChI=1S/C15H17N3O2S2/c1-15(2,3)12(20)16-13-17-18-14(22-13)21-9-11(19)10-7-5-4-6-8-10/h4-8H,9H2,1-3H3,(H,16,17,20). The molecule has 0 unspecified atom stereocenters. The zero-order valence-corrected chi connectivity index (χ0v) is 14.3. The summed E-state index contributed by atoms with van der Waals surface area (Å²) in [6.07, 6.45) is 0. The number of nitrogens with one attached hydrogen (secondary N) is 1. The highest BCUT2D eigenvalue weighted by Gasteiger charge is 2.22. The molecule has 1 heterocycles. The van der Waals surface area contributed by atoms with Gasteiger partial charge >= 0.3 is 0 Å². The number of Topliss-reactive ketones (excluding diaryl/α,β-unsaturated/α-hetero) is 1. The third-order valence-electron chi connectivity index (χ3n) is 2.73. The van der Waals surface area contributed by atoms with Gasteiger partial charge in [-0.2, -0.15) is 0 Å². The van der Waals surface area contributed by atoms with E-state index in [-0.39, 0.29) is 11.7 Å². The van der Waals surface area contributed by atoms with Gasteiger partial charge < -0.3 is 5.32 Å². The molecule has 116 valence electrons. The van der Waals surface area contributed by atoms with Crippen LogP contribution in [0.4, 0.5) is 5.13 Å². The van der Waals surface area contributed by atoms with E-state index in [2.05, 4.69) is 15.5 Å². The number of nitrogens with zero attached hydrogens (tertiary/aromatic N) is 2. The van der Waals surface area contributed by atoms with Gasteiger partial charge in [0, 0.05) is 11.0 Å². The van der Waals surface area contributed by atoms with E-state index in [0.717, 1.165) is 0 Å². The molecule has 0 fully saturated rings. The van der Waals surface area contributed by atoms with Crippen molar-refractivity contribution in [2.45, 2.75) is 25.1 Å². The Hall–Kier alpha value is -1.73. The van der Waals surface area contributed by atoms with E-state index in [1.54, 1.807) is 12.1 Å². The van der Waals surface area contributed by atoms with Crippen LogP contribution in [0.25, 0.3) is 0 Å². The Kier molecular flexibility index (Phi) is 5.31. The number of hydrogen-bond acceptors (Lipinski definition) is 6. The smallest absolute Gasteiger partial charge is 0.231 e. The Morgan fingerprint density at radius 1 is 1.18 bits per heavy atom. The van der Waals surface area contributed by atoms with Crippen molar-refractivity contribution in [2.24, 2.45) is 5.41 Å². The highest BCUT2D eigenvalue weighted by atomic mass is 32.2. The van der Waals surface area contributed by atoms with E-state index in [9.17, 15) is 9.59 Å². The number of carbonyl (C=O) groups excluding carboxylic acids is 2. The van der Waals surface area contributed by atoms with E-state index >= 15 is 0 Å². The zero-order chi connectivity index (χ0) is 16.2. The summed E-state index contributed by atoms with van der Waals surface area (Å²) < 4.78 is 0.661. The summed E-state index contributed by atoms with van der Waals surface area (Å²) in [4.78, 5) is 23.9. The van der Waals surface area contributed by atoms with Crippen molar-refractivity contribution < 1.29 is 9.59 Å². The molecule has 1 N–H and O–H groups in total. The van der Waals surface area contributed by atoms with Gasteiger partial charge in [0.05, 0.1) is 5.75 Å². The molecule has 1 amide bonds. The second-order valence-electron chi connectivity index (χ2n) is 5.66. The molecule has 2 aromatic rings. The number of hydrogen-bond donors (Lipinski definition) is 1. The van der Waals surface area contributed by atoms with Crippen LogP contribution in [0, 0.1) is 5.41 Å². The lowest BCUT2D eigenvalue weighted by atomic mass is 9.96. The molecule has 5 nitrogen and oxygen atoms in total. The van der Waals surface area contributed by atoms with Gasteiger partial charge in [-0.15, -0.1) is 10.2 Å². The Balaban J connectivity index is 1.90. The van der Waals surface area contributed by atoms with Gasteiger partial charge in [-0.1, -0.05) is 74.2 Å². The predicted molar refractivity (Wildman–Crippen MR) is 89.5 cm³/mol. The van der Waals surface area contributed by atoms with E-state index in [4.69, 9.17) is 0 Å². The van der Waals surface area contributed by atoms with Crippen LogP contribution in [-0.2, 0) is 4.79 Å². The minimum absolute atomic E-state index is 0.0427. The van der Waals surface area contributed by atoms with Crippen molar-refractivity contribution in [3.63, 3.8) is 0 Å². The molecule has 0 bridgehead atoms. The molecule has 0 radical (unpaired) electrons. The largest absolute Gasteiger partial charge is 0.300 e. The molecule has 0 aliphatic rings. The topological polar surface area (TPSA) is 72.0 Å². The van der Waals surface area contributed by atoms with Crippen LogP contribution in [0.1, 0.15) is 31.1 Å². The fourth-order valence-corrected chi connectivity index (χ4v) is 3.08. The molecular formula is C15H17N3O2S2. The molecule has 7 heteroatoms. The van der Waals surface area contributed by atoms with Crippen molar-refractivity contribution in [2.75, 3.05) is 11.1 Å². The number of thioether (sulfide) groups is 1. The van der Waals surface area contributed by atoms with Gasteiger partial charge in [-0.05, 0) is 0 Å². The van der Waals surface area contributed by atoms with Crippen molar-refractivity contribution in [3.8, 4) is 0 Å². The molecule has 22 heavy (non-hydrogen) atoms. The number of anilines is 1. The number of rotatable bonds is 5. The monoisotopic (exact) mass is 335 g/mol. The highest BCUT2D eigenvalue weighted by Crippen LogP contribution is 2.27. The minimum Gasteiger partial charge on any atom is -0.300 e. The molecule has 1 aromatic carbocycles. The summed E-state index contributed by atoms with van der Waals surface area (Å²) in [5, 5.41) is 11.1. The maximum atomic E-state index is 12.0. The highest BCUT2D eigenvalue weighted by molar-refractivity contribution is 8.01. The number of benzene rings is 1. The predicted octanol–water partition coefficient (Wildman–Crippen LogP) is 3.50. The van der Waals surface area contributed by atoms with Gasteiger partial charge in [0.15, 0.2) is 10.1 Å². The molecule has 1 aromatic heterocycles. The first kappa shape index (κ1) is 16.6. The molecule has 0 saturated carbocycles. The maximum Gasteiger partial charge on any atom is 0.231 e. The first-order valence-corrected chi connectivity index (χ1v) is 8.52. The lowest BCUT2D eigenvalue weighted by Gasteiger charge is -2.15. The molecule has 0 aliphatic heterocycles. The van der Waals surface area contributed by atoms with Gasteiger partial charge in [-0.3, -0.25) is 9.59 Å². The Bertz CT molecular complexity index is 663. The average Bonchev–Trinajstić information content (AvgIpc) is 2.92. The maximum absolute atomic E-state index is 12.0. The van der Waals surface area contributed by atoms with Crippen LogP contribution < -0.4 is 5.32 Å². The quantitative estimate of drug-likeness (QED) is 0.514. The van der Waals surface area contributed by atoms with Gasteiger partial charge in [0.25, 0.3) is 0 Å². The number of carbonyl (C=O) groups is 2. The van der Waals surface area contributed by atoms with E-state index in [0.29, 0.717) is 20.8 Å². The van der Waals surface area contributed by atoms with Crippen molar-refractivity contribution in [3.05, 3.63) is 35.9 Å².